The second-order valence-electron chi connectivity index (χ2n) is 5.32. The Balaban J connectivity index is 1.96. The van der Waals surface area contributed by atoms with Crippen molar-refractivity contribution in [1.82, 2.24) is 10.2 Å². The third-order valence-corrected chi connectivity index (χ3v) is 4.30. The Hall–Kier alpha value is -0.860. The van der Waals surface area contributed by atoms with Crippen molar-refractivity contribution in [2.75, 3.05) is 26.7 Å². The van der Waals surface area contributed by atoms with Crippen molar-refractivity contribution in [1.29, 1.82) is 0 Å². The van der Waals surface area contributed by atoms with Gasteiger partial charge in [0.2, 0.25) is 0 Å². The van der Waals surface area contributed by atoms with Gasteiger partial charge >= 0.3 is 0 Å². The van der Waals surface area contributed by atoms with Gasteiger partial charge in [0.05, 0.1) is 0 Å². The monoisotopic (exact) mass is 216 g/mol. The molecule has 16 heavy (non-hydrogen) atoms. The average Bonchev–Trinajstić information content (AvgIpc) is 2.79. The lowest BCUT2D eigenvalue weighted by molar-refractivity contribution is 0.275. The number of hydrogen-bond donors (Lipinski definition) is 1. The summed E-state index contributed by atoms with van der Waals surface area (Å²) in [4.78, 5) is 2.54. The third kappa shape index (κ3) is 1.48. The van der Waals surface area contributed by atoms with E-state index in [4.69, 9.17) is 0 Å². The molecule has 2 aliphatic rings. The van der Waals surface area contributed by atoms with Crippen LogP contribution in [0.3, 0.4) is 0 Å². The summed E-state index contributed by atoms with van der Waals surface area (Å²) in [5.74, 6) is 1.67. The maximum atomic E-state index is 3.54. The van der Waals surface area contributed by atoms with Gasteiger partial charge in [-0.1, -0.05) is 24.3 Å². The van der Waals surface area contributed by atoms with Gasteiger partial charge in [-0.05, 0) is 43.5 Å². The molecule has 0 spiro atoms. The van der Waals surface area contributed by atoms with E-state index in [1.165, 1.54) is 30.8 Å². The molecule has 1 aromatic carbocycles. The van der Waals surface area contributed by atoms with E-state index in [0.29, 0.717) is 6.04 Å². The minimum absolute atomic E-state index is 0.626. The minimum Gasteiger partial charge on any atom is -0.316 e. The van der Waals surface area contributed by atoms with Crippen molar-refractivity contribution >= 4 is 0 Å². The van der Waals surface area contributed by atoms with Crippen LogP contribution in [0, 0.1) is 18.8 Å². The van der Waals surface area contributed by atoms with Crippen molar-refractivity contribution < 1.29 is 0 Å². The summed E-state index contributed by atoms with van der Waals surface area (Å²) < 4.78 is 0. The van der Waals surface area contributed by atoms with Gasteiger partial charge in [0, 0.05) is 19.1 Å². The van der Waals surface area contributed by atoms with E-state index in [1.807, 2.05) is 0 Å². The van der Waals surface area contributed by atoms with E-state index in [-0.39, 0.29) is 0 Å². The molecule has 2 saturated heterocycles. The molecule has 2 nitrogen and oxygen atoms in total. The van der Waals surface area contributed by atoms with Crippen LogP contribution in [0.2, 0.25) is 0 Å². The zero-order chi connectivity index (χ0) is 11.1. The summed E-state index contributed by atoms with van der Waals surface area (Å²) in [6.07, 6.45) is 0. The Labute approximate surface area is 97.6 Å². The van der Waals surface area contributed by atoms with Crippen molar-refractivity contribution in [3.8, 4) is 0 Å². The topological polar surface area (TPSA) is 15.3 Å². The molecule has 0 aliphatic carbocycles. The summed E-state index contributed by atoms with van der Waals surface area (Å²) in [6.45, 7) is 5.88. The maximum absolute atomic E-state index is 3.54. The first-order valence-electron chi connectivity index (χ1n) is 6.24. The highest BCUT2D eigenvalue weighted by Gasteiger charge is 2.43. The number of benzene rings is 1. The van der Waals surface area contributed by atoms with Crippen LogP contribution in [0.1, 0.15) is 17.2 Å². The van der Waals surface area contributed by atoms with Crippen LogP contribution < -0.4 is 5.32 Å². The standard InChI is InChI=1S/C14H20N2/c1-10-5-3-4-6-12(10)14-13-8-15-7-11(13)9-16(14)2/h3-6,11,13-15H,7-9H2,1-2H3/t11-,13-,14+/m1/s1. The summed E-state index contributed by atoms with van der Waals surface area (Å²) in [5, 5.41) is 3.54. The molecular weight excluding hydrogens is 196 g/mol. The van der Waals surface area contributed by atoms with Crippen LogP contribution in [0.15, 0.2) is 24.3 Å². The summed E-state index contributed by atoms with van der Waals surface area (Å²) in [6, 6.07) is 9.47. The smallest absolute Gasteiger partial charge is 0.0391 e. The van der Waals surface area contributed by atoms with Crippen molar-refractivity contribution in [3.05, 3.63) is 35.4 Å². The zero-order valence-corrected chi connectivity index (χ0v) is 10.1. The van der Waals surface area contributed by atoms with Crippen LogP contribution in [0.5, 0.6) is 0 Å². The Morgan fingerprint density at radius 3 is 2.88 bits per heavy atom. The highest BCUT2D eigenvalue weighted by molar-refractivity contribution is 5.30. The lowest BCUT2D eigenvalue weighted by atomic mass is 9.88. The first kappa shape index (κ1) is 10.3. The lowest BCUT2D eigenvalue weighted by Gasteiger charge is -2.26. The van der Waals surface area contributed by atoms with Gasteiger partial charge in [-0.2, -0.15) is 0 Å². The molecule has 3 rings (SSSR count). The maximum Gasteiger partial charge on any atom is 0.0391 e. The Kier molecular flexibility index (Phi) is 2.49. The highest BCUT2D eigenvalue weighted by Crippen LogP contribution is 2.42. The fourth-order valence-corrected chi connectivity index (χ4v) is 3.52. The van der Waals surface area contributed by atoms with Gasteiger partial charge in [0.15, 0.2) is 0 Å². The first-order valence-corrected chi connectivity index (χ1v) is 6.24. The van der Waals surface area contributed by atoms with Gasteiger partial charge in [0.1, 0.15) is 0 Å². The van der Waals surface area contributed by atoms with E-state index in [1.54, 1.807) is 0 Å². The molecule has 0 radical (unpaired) electrons. The second kappa shape index (κ2) is 3.86. The van der Waals surface area contributed by atoms with Crippen LogP contribution in [0.25, 0.3) is 0 Å². The molecule has 0 amide bonds. The molecule has 0 aromatic heterocycles. The first-order chi connectivity index (χ1) is 7.77. The van der Waals surface area contributed by atoms with Gasteiger partial charge in [-0.15, -0.1) is 0 Å². The number of aryl methyl sites for hydroxylation is 1. The molecule has 2 heterocycles. The van der Waals surface area contributed by atoms with E-state index in [0.717, 1.165) is 11.8 Å². The van der Waals surface area contributed by atoms with E-state index < -0.39 is 0 Å². The lowest BCUT2D eigenvalue weighted by Crippen LogP contribution is -2.26. The van der Waals surface area contributed by atoms with Crippen LogP contribution in [-0.4, -0.2) is 31.6 Å². The number of hydrogen-bond acceptors (Lipinski definition) is 2. The molecule has 0 bridgehead atoms. The molecule has 1 N–H and O–H groups in total. The number of likely N-dealkylation sites (tertiary alicyclic amines) is 1. The van der Waals surface area contributed by atoms with E-state index >= 15 is 0 Å². The summed E-state index contributed by atoms with van der Waals surface area (Å²) >= 11 is 0. The third-order valence-electron chi connectivity index (χ3n) is 4.30. The summed E-state index contributed by atoms with van der Waals surface area (Å²) in [7, 11) is 2.27. The molecule has 3 atom stereocenters. The molecule has 0 unspecified atom stereocenters. The second-order valence-corrected chi connectivity index (χ2v) is 5.32. The Bertz CT molecular complexity index is 388. The summed E-state index contributed by atoms with van der Waals surface area (Å²) in [5.41, 5.74) is 2.97. The molecular formula is C14H20N2. The number of rotatable bonds is 1. The molecule has 2 fully saturated rings. The fourth-order valence-electron chi connectivity index (χ4n) is 3.52. The minimum atomic E-state index is 0.626. The molecule has 2 aliphatic heterocycles. The van der Waals surface area contributed by atoms with Crippen LogP contribution in [-0.2, 0) is 0 Å². The van der Waals surface area contributed by atoms with Crippen LogP contribution >= 0.6 is 0 Å². The molecule has 1 aromatic rings. The Morgan fingerprint density at radius 1 is 1.25 bits per heavy atom. The number of nitrogens with one attached hydrogen (secondary N) is 1. The molecule has 2 heteroatoms. The number of nitrogens with zero attached hydrogens (tertiary/aromatic N) is 1. The highest BCUT2D eigenvalue weighted by atomic mass is 15.2. The van der Waals surface area contributed by atoms with E-state index in [9.17, 15) is 0 Å². The van der Waals surface area contributed by atoms with Gasteiger partial charge in [-0.25, -0.2) is 0 Å². The fraction of sp³-hybridized carbons (Fsp3) is 0.571. The van der Waals surface area contributed by atoms with Gasteiger partial charge in [0.25, 0.3) is 0 Å². The van der Waals surface area contributed by atoms with Gasteiger partial charge in [-0.3, -0.25) is 4.90 Å². The van der Waals surface area contributed by atoms with Crippen molar-refractivity contribution in [2.24, 2.45) is 11.8 Å². The van der Waals surface area contributed by atoms with Crippen LogP contribution in [0.4, 0.5) is 0 Å². The number of fused-ring (bicyclic) bond motifs is 1. The van der Waals surface area contributed by atoms with Gasteiger partial charge < -0.3 is 5.32 Å². The van der Waals surface area contributed by atoms with E-state index in [2.05, 4.69) is 48.5 Å². The molecule has 0 saturated carbocycles. The largest absolute Gasteiger partial charge is 0.316 e. The normalized spacial score (nSPS) is 34.2. The SMILES string of the molecule is Cc1ccccc1[C@H]1[C@@H]2CNC[C@@H]2CN1C. The predicted octanol–water partition coefficient (Wildman–Crippen LogP) is 1.82. The Morgan fingerprint density at radius 2 is 2.06 bits per heavy atom. The zero-order valence-electron chi connectivity index (χ0n) is 10.1. The molecule has 86 valence electrons. The van der Waals surface area contributed by atoms with Crippen molar-refractivity contribution in [2.45, 2.75) is 13.0 Å². The average molecular weight is 216 g/mol. The predicted molar refractivity (Wildman–Crippen MR) is 66.4 cm³/mol. The van der Waals surface area contributed by atoms with Crippen molar-refractivity contribution in [3.63, 3.8) is 0 Å². The quantitative estimate of drug-likeness (QED) is 0.770.